The fourth-order valence-corrected chi connectivity index (χ4v) is 15.4. The lowest BCUT2D eigenvalue weighted by Gasteiger charge is -2.74. The molecule has 0 aromatic carbocycles. The zero-order valence-corrected chi connectivity index (χ0v) is 41.0. The van der Waals surface area contributed by atoms with E-state index in [2.05, 4.69) is 46.0 Å². The first kappa shape index (κ1) is 54.0. The molecule has 398 valence electrons. The molecule has 7 fully saturated rings. The highest BCUT2D eigenvalue weighted by Crippen LogP contribution is 2.79. The number of carboxylic acids is 1. The quantitative estimate of drug-likeness (QED) is 0.0572. The van der Waals surface area contributed by atoms with E-state index in [9.17, 15) is 65.4 Å². The first-order valence-electron chi connectivity index (χ1n) is 25.2. The van der Waals surface area contributed by atoms with Crippen molar-refractivity contribution in [3.05, 3.63) is 11.6 Å². The molecule has 21 heteroatoms. The number of carboxylic acid groups (broad SMARTS) is 1. The van der Waals surface area contributed by atoms with Gasteiger partial charge in [-0.15, -0.1) is 0 Å². The number of carbonyl (C=O) groups excluding carboxylic acids is 2. The maximum absolute atomic E-state index is 14.2. The third-order valence-electron chi connectivity index (χ3n) is 19.2. The molecule has 0 aromatic rings. The lowest BCUT2D eigenvalue weighted by Crippen LogP contribution is -2.71. The number of ether oxygens (including phenoxy) is 6. The van der Waals surface area contributed by atoms with Crippen LogP contribution in [0, 0.1) is 50.2 Å². The summed E-state index contributed by atoms with van der Waals surface area (Å²) >= 11 is 0. The van der Waals surface area contributed by atoms with Crippen LogP contribution < -0.4 is 11.1 Å². The number of carbonyl (C=O) groups is 3. The Labute approximate surface area is 408 Å². The largest absolute Gasteiger partial charge is 0.479 e. The van der Waals surface area contributed by atoms with Gasteiger partial charge in [-0.3, -0.25) is 4.79 Å². The van der Waals surface area contributed by atoms with Crippen molar-refractivity contribution in [1.29, 1.82) is 0 Å². The van der Waals surface area contributed by atoms with Gasteiger partial charge in [-0.05, 0) is 80.0 Å². The van der Waals surface area contributed by atoms with Crippen molar-refractivity contribution >= 4 is 18.2 Å². The third-order valence-corrected chi connectivity index (χ3v) is 19.2. The highest BCUT2D eigenvalue weighted by Gasteiger charge is 2.75. The van der Waals surface area contributed by atoms with Crippen molar-refractivity contribution < 1.29 is 93.9 Å². The van der Waals surface area contributed by atoms with Crippen molar-refractivity contribution in [1.82, 2.24) is 5.32 Å². The molecule has 0 aromatic heterocycles. The topological polar surface area (TPSA) is 347 Å². The molecule has 1 spiro atoms. The molecule has 24 unspecified atom stereocenters. The number of allylic oxidation sites excluding steroid dienone is 2. The van der Waals surface area contributed by atoms with E-state index >= 15 is 0 Å². The zero-order chi connectivity index (χ0) is 51.3. The van der Waals surface area contributed by atoms with Gasteiger partial charge in [0.1, 0.15) is 67.3 Å². The number of hydrogen-bond donors (Lipinski definition) is 12. The predicted octanol–water partition coefficient (Wildman–Crippen LogP) is -1.42. The Morgan fingerprint density at radius 3 is 2.14 bits per heavy atom. The van der Waals surface area contributed by atoms with Crippen LogP contribution in [0.15, 0.2) is 11.6 Å². The van der Waals surface area contributed by atoms with Crippen LogP contribution in [-0.2, 0) is 42.8 Å². The molecule has 4 saturated carbocycles. The number of aliphatic hydroxyl groups excluding tert-OH is 9. The Balaban J connectivity index is 1.12. The van der Waals surface area contributed by atoms with Crippen LogP contribution in [0.5, 0.6) is 0 Å². The van der Waals surface area contributed by atoms with E-state index in [0.717, 1.165) is 25.5 Å². The molecular formula is C49H78N2O19. The molecule has 24 atom stereocenters. The number of aldehydes is 1. The average Bonchev–Trinajstić information content (AvgIpc) is 3.31. The van der Waals surface area contributed by atoms with Gasteiger partial charge in [0.15, 0.2) is 25.0 Å². The summed E-state index contributed by atoms with van der Waals surface area (Å²) in [6.07, 6.45) is -19.4. The van der Waals surface area contributed by atoms with Crippen LogP contribution in [0.25, 0.3) is 0 Å². The van der Waals surface area contributed by atoms with Crippen LogP contribution >= 0.6 is 0 Å². The van der Waals surface area contributed by atoms with Gasteiger partial charge in [0.2, 0.25) is 5.91 Å². The molecular weight excluding hydrogens is 921 g/mol. The van der Waals surface area contributed by atoms with Gasteiger partial charge in [-0.25, -0.2) is 4.79 Å². The molecule has 3 saturated heterocycles. The van der Waals surface area contributed by atoms with E-state index in [4.69, 9.17) is 34.2 Å². The minimum absolute atomic E-state index is 0.00315. The molecule has 21 nitrogen and oxygen atoms in total. The van der Waals surface area contributed by atoms with E-state index in [1.54, 1.807) is 6.92 Å². The van der Waals surface area contributed by atoms with E-state index in [1.807, 2.05) is 0 Å². The molecule has 13 N–H and O–H groups in total. The number of fused-ring (bicyclic) bond motifs is 5. The summed E-state index contributed by atoms with van der Waals surface area (Å²) in [6, 6.07) is 0. The van der Waals surface area contributed by atoms with Crippen LogP contribution in [-0.4, -0.2) is 194 Å². The lowest BCUT2D eigenvalue weighted by molar-refractivity contribution is -0.391. The minimum atomic E-state index is -2.13. The van der Waals surface area contributed by atoms with Crippen molar-refractivity contribution in [2.45, 2.75) is 198 Å². The van der Waals surface area contributed by atoms with Crippen LogP contribution in [0.2, 0.25) is 0 Å². The molecule has 8 rings (SSSR count). The number of aliphatic hydroxyl groups is 9. The van der Waals surface area contributed by atoms with Gasteiger partial charge in [0.05, 0.1) is 36.3 Å². The molecule has 70 heavy (non-hydrogen) atoms. The zero-order valence-electron chi connectivity index (χ0n) is 41.0. The van der Waals surface area contributed by atoms with E-state index in [0.29, 0.717) is 38.6 Å². The number of amides is 1. The molecule has 5 aliphatic carbocycles. The Morgan fingerprint density at radius 2 is 1.50 bits per heavy atom. The maximum Gasteiger partial charge on any atom is 0.335 e. The van der Waals surface area contributed by atoms with Crippen molar-refractivity contribution in [3.63, 3.8) is 0 Å². The first-order valence-corrected chi connectivity index (χ1v) is 25.2. The molecule has 0 radical (unpaired) electrons. The van der Waals surface area contributed by atoms with Crippen molar-refractivity contribution in [2.75, 3.05) is 26.3 Å². The second-order valence-corrected chi connectivity index (χ2v) is 23.3. The molecule has 3 heterocycles. The van der Waals surface area contributed by atoms with E-state index < -0.39 is 139 Å². The molecule has 8 aliphatic rings. The Kier molecular flexibility index (Phi) is 15.0. The summed E-state index contributed by atoms with van der Waals surface area (Å²) < 4.78 is 36.0. The van der Waals surface area contributed by atoms with Gasteiger partial charge in [-0.2, -0.15) is 0 Å². The monoisotopic (exact) mass is 999 g/mol. The number of nitrogens with one attached hydrogen (secondary N) is 1. The normalized spacial score (nSPS) is 52.0. The fourth-order valence-electron chi connectivity index (χ4n) is 15.4. The van der Waals surface area contributed by atoms with Crippen LogP contribution in [0.4, 0.5) is 0 Å². The highest BCUT2D eigenvalue weighted by atomic mass is 16.8. The average molecular weight is 999 g/mol. The van der Waals surface area contributed by atoms with E-state index in [-0.39, 0.29) is 47.5 Å². The first-order chi connectivity index (χ1) is 32.9. The van der Waals surface area contributed by atoms with Gasteiger partial charge in [-0.1, -0.05) is 59.6 Å². The summed E-state index contributed by atoms with van der Waals surface area (Å²) in [5.41, 5.74) is 3.36. The highest BCUT2D eigenvalue weighted by molar-refractivity contribution is 5.85. The summed E-state index contributed by atoms with van der Waals surface area (Å²) in [4.78, 5) is 40.9. The number of rotatable bonds is 13. The number of hydrogen-bond acceptors (Lipinski definition) is 19. The second kappa shape index (κ2) is 19.4. The summed E-state index contributed by atoms with van der Waals surface area (Å²) in [6.45, 7) is 12.0. The van der Waals surface area contributed by atoms with Crippen LogP contribution in [0.1, 0.15) is 99.3 Å². The number of aliphatic carboxylic acids is 1. The summed E-state index contributed by atoms with van der Waals surface area (Å²) in [5, 5.41) is 111. The maximum atomic E-state index is 14.2. The summed E-state index contributed by atoms with van der Waals surface area (Å²) in [5.74, 6) is -2.32. The standard InChI is InChI=1S/C49H78N2O19/c1-7-26-45(4)10-9-29(46(5,21-53)27(45)8-11-48(26)17-22-23-16-44(2,3)12-13-49(23,43(64)51-15-14-50)28(55)18-47(22,48)6)67-42-38(70-41-34(60)32(58)31(57)25(19-52)66-41)36(35(61)37(69-42)39(62)63)68-40-33(59)30(56)24(54)20-65-40/h17,21,23-38,40-42,52,54-61H,7-16,18-20,50H2,1-6H3,(H,51,64)(H,62,63). The molecule has 3 aliphatic heterocycles. The lowest BCUT2D eigenvalue weighted by atomic mass is 9.30. The molecule has 1 amide bonds. The minimum Gasteiger partial charge on any atom is -0.479 e. The van der Waals surface area contributed by atoms with Gasteiger partial charge >= 0.3 is 5.97 Å². The molecule has 0 bridgehead atoms. The predicted molar refractivity (Wildman–Crippen MR) is 241 cm³/mol. The van der Waals surface area contributed by atoms with Gasteiger partial charge in [0.25, 0.3) is 0 Å². The fraction of sp³-hybridized carbons (Fsp3) is 0.898. The Morgan fingerprint density at radius 1 is 0.814 bits per heavy atom. The van der Waals surface area contributed by atoms with Gasteiger partial charge in [0, 0.05) is 23.9 Å². The van der Waals surface area contributed by atoms with Gasteiger partial charge < -0.3 is 95.3 Å². The third kappa shape index (κ3) is 8.24. The smallest absolute Gasteiger partial charge is 0.335 e. The SMILES string of the molecule is CCC1C2(C)CCC(OC3OC(C(=O)O)C(O)C(OC4OCC(O)C(O)C4O)C3OC3OC(CO)C(O)C(O)C3O)C(C)(C=O)C2CCC12C=C1C3CC(C)(C)CCC3(C(=O)NCCN)C(O)CC12C. The van der Waals surface area contributed by atoms with Crippen molar-refractivity contribution in [2.24, 2.45) is 56.0 Å². The van der Waals surface area contributed by atoms with Crippen LogP contribution in [0.3, 0.4) is 0 Å². The Bertz CT molecular complexity index is 1980. The Hall–Kier alpha value is -2.29. The number of nitrogens with two attached hydrogens (primary N) is 1. The second-order valence-electron chi connectivity index (χ2n) is 23.3. The van der Waals surface area contributed by atoms with E-state index in [1.165, 1.54) is 5.57 Å². The summed E-state index contributed by atoms with van der Waals surface area (Å²) in [7, 11) is 0. The van der Waals surface area contributed by atoms with Crippen molar-refractivity contribution in [3.8, 4) is 0 Å².